The average Bonchev–Trinajstić information content (AvgIpc) is 2.42. The van der Waals surface area contributed by atoms with Gasteiger partial charge in [-0.1, -0.05) is 0 Å². The molecule has 8 heteroatoms. The highest BCUT2D eigenvalue weighted by Crippen LogP contribution is 2.24. The molecule has 0 aliphatic carbocycles. The predicted octanol–water partition coefficient (Wildman–Crippen LogP) is 2.24. The first-order valence-electron chi connectivity index (χ1n) is 5.50. The number of ether oxygens (including phenoxy) is 1. The lowest BCUT2D eigenvalue weighted by Gasteiger charge is -2.09. The summed E-state index contributed by atoms with van der Waals surface area (Å²) in [7, 11) is -2.20. The molecule has 0 bridgehead atoms. The Morgan fingerprint density at radius 2 is 2.05 bits per heavy atom. The first-order valence-corrected chi connectivity index (χ1v) is 7.78. The van der Waals surface area contributed by atoms with E-state index in [0.717, 1.165) is 0 Å². The van der Waals surface area contributed by atoms with Crippen molar-refractivity contribution in [1.82, 2.24) is 4.98 Å². The van der Waals surface area contributed by atoms with Gasteiger partial charge in [0, 0.05) is 16.2 Å². The van der Waals surface area contributed by atoms with E-state index >= 15 is 0 Å². The first-order chi connectivity index (χ1) is 9.42. The van der Waals surface area contributed by atoms with Gasteiger partial charge in [0.15, 0.2) is 0 Å². The molecule has 0 unspecified atom stereocenters. The molecule has 1 aromatic heterocycles. The van der Waals surface area contributed by atoms with Crippen molar-refractivity contribution < 1.29 is 13.2 Å². The molecular weight excluding hydrogens is 346 g/mol. The highest BCUT2D eigenvalue weighted by atomic mass is 79.9. The normalized spacial score (nSPS) is 11.1. The molecule has 0 radical (unpaired) electrons. The van der Waals surface area contributed by atoms with Crippen LogP contribution in [0.15, 0.2) is 45.9 Å². The molecule has 106 valence electrons. The Labute approximate surface area is 125 Å². The molecule has 1 heterocycles. The quantitative estimate of drug-likeness (QED) is 0.818. The lowest BCUT2D eigenvalue weighted by atomic mass is 10.3. The van der Waals surface area contributed by atoms with E-state index in [1.54, 1.807) is 12.1 Å². The summed E-state index contributed by atoms with van der Waals surface area (Å²) < 4.78 is 32.2. The second-order valence-electron chi connectivity index (χ2n) is 3.88. The van der Waals surface area contributed by atoms with Crippen molar-refractivity contribution in [2.75, 3.05) is 17.6 Å². The van der Waals surface area contributed by atoms with E-state index in [2.05, 4.69) is 25.6 Å². The molecule has 2 rings (SSSR count). The molecule has 1 aromatic carbocycles. The van der Waals surface area contributed by atoms with Crippen LogP contribution in [-0.2, 0) is 10.0 Å². The minimum Gasteiger partial charge on any atom is -0.481 e. The number of hydrogen-bond acceptors (Lipinski definition) is 5. The highest BCUT2D eigenvalue weighted by molar-refractivity contribution is 9.10. The largest absolute Gasteiger partial charge is 0.481 e. The smallest absolute Gasteiger partial charge is 0.261 e. The lowest BCUT2D eigenvalue weighted by Crippen LogP contribution is -2.13. The van der Waals surface area contributed by atoms with Crippen molar-refractivity contribution >= 4 is 37.3 Å². The zero-order chi connectivity index (χ0) is 14.8. The molecule has 0 spiro atoms. The summed E-state index contributed by atoms with van der Waals surface area (Å²) in [5.74, 6) is 0.406. The molecule has 6 nitrogen and oxygen atoms in total. The van der Waals surface area contributed by atoms with Gasteiger partial charge in [0.1, 0.15) is 0 Å². The summed E-state index contributed by atoms with van der Waals surface area (Å²) in [6, 6.07) is 7.52. The number of nitrogens with zero attached hydrogens (tertiary/aromatic N) is 1. The Morgan fingerprint density at radius 3 is 2.60 bits per heavy atom. The van der Waals surface area contributed by atoms with Crippen molar-refractivity contribution in [2.24, 2.45) is 0 Å². The number of methoxy groups -OCH3 is 1. The van der Waals surface area contributed by atoms with Crippen molar-refractivity contribution in [3.8, 4) is 5.88 Å². The van der Waals surface area contributed by atoms with Crippen LogP contribution < -0.4 is 15.2 Å². The first kappa shape index (κ1) is 14.6. The summed E-state index contributed by atoms with van der Waals surface area (Å²) in [5.41, 5.74) is 6.44. The van der Waals surface area contributed by atoms with Crippen molar-refractivity contribution in [3.05, 3.63) is 41.0 Å². The van der Waals surface area contributed by atoms with Gasteiger partial charge in [0.2, 0.25) is 5.88 Å². The molecule has 0 atom stereocenters. The van der Waals surface area contributed by atoms with Gasteiger partial charge in [-0.05, 0) is 40.2 Å². The molecule has 0 saturated heterocycles. The number of hydrogen-bond donors (Lipinski definition) is 2. The van der Waals surface area contributed by atoms with Gasteiger partial charge in [-0.3, -0.25) is 4.72 Å². The fourth-order valence-electron chi connectivity index (χ4n) is 1.45. The van der Waals surface area contributed by atoms with E-state index in [1.165, 1.54) is 31.5 Å². The molecule has 0 saturated carbocycles. The zero-order valence-corrected chi connectivity index (χ0v) is 12.9. The van der Waals surface area contributed by atoms with E-state index < -0.39 is 10.0 Å². The van der Waals surface area contributed by atoms with E-state index in [1.807, 2.05) is 0 Å². The summed E-state index contributed by atoms with van der Waals surface area (Å²) >= 11 is 3.20. The van der Waals surface area contributed by atoms with E-state index in [4.69, 9.17) is 10.5 Å². The van der Waals surface area contributed by atoms with Crippen LogP contribution in [0.3, 0.4) is 0 Å². The van der Waals surface area contributed by atoms with E-state index in [0.29, 0.717) is 21.7 Å². The molecule has 0 aliphatic heterocycles. The third-order valence-electron chi connectivity index (χ3n) is 2.48. The van der Waals surface area contributed by atoms with Crippen LogP contribution in [0.1, 0.15) is 0 Å². The molecule has 0 amide bonds. The van der Waals surface area contributed by atoms with Crippen LogP contribution in [0, 0.1) is 0 Å². The van der Waals surface area contributed by atoms with E-state index in [9.17, 15) is 8.42 Å². The summed E-state index contributed by atoms with van der Waals surface area (Å²) in [6.07, 6.45) is 1.38. The Bertz CT molecular complexity index is 717. The SMILES string of the molecule is COc1ccc(NS(=O)(=O)c2ccc(N)c(Br)c2)cn1. The Morgan fingerprint density at radius 1 is 1.30 bits per heavy atom. The topological polar surface area (TPSA) is 94.3 Å². The Balaban J connectivity index is 2.27. The minimum atomic E-state index is -3.69. The van der Waals surface area contributed by atoms with Gasteiger partial charge < -0.3 is 10.5 Å². The summed E-state index contributed by atoms with van der Waals surface area (Å²) in [5, 5.41) is 0. The Kier molecular flexibility index (Phi) is 4.15. The number of pyridine rings is 1. The van der Waals surface area contributed by atoms with E-state index in [-0.39, 0.29) is 4.90 Å². The monoisotopic (exact) mass is 357 g/mol. The maximum absolute atomic E-state index is 12.2. The average molecular weight is 358 g/mol. The van der Waals surface area contributed by atoms with Gasteiger partial charge >= 0.3 is 0 Å². The van der Waals surface area contributed by atoms with Crippen LogP contribution >= 0.6 is 15.9 Å². The maximum atomic E-state index is 12.2. The zero-order valence-electron chi connectivity index (χ0n) is 10.5. The molecule has 2 aromatic rings. The minimum absolute atomic E-state index is 0.106. The fraction of sp³-hybridized carbons (Fsp3) is 0.0833. The van der Waals surface area contributed by atoms with Crippen molar-refractivity contribution in [1.29, 1.82) is 0 Å². The fourth-order valence-corrected chi connectivity index (χ4v) is 3.05. The van der Waals surface area contributed by atoms with Crippen molar-refractivity contribution in [2.45, 2.75) is 4.90 Å². The van der Waals surface area contributed by atoms with Crippen LogP contribution in [0.25, 0.3) is 0 Å². The second kappa shape index (κ2) is 5.68. The number of sulfonamides is 1. The molecule has 3 N–H and O–H groups in total. The third-order valence-corrected chi connectivity index (χ3v) is 4.55. The molecule has 20 heavy (non-hydrogen) atoms. The standard InChI is InChI=1S/C12H12BrN3O3S/c1-19-12-5-2-8(7-15-12)16-20(17,18)9-3-4-11(14)10(13)6-9/h2-7,16H,14H2,1H3. The van der Waals surface area contributed by atoms with Gasteiger partial charge in [0.25, 0.3) is 10.0 Å². The van der Waals surface area contributed by atoms with Gasteiger partial charge in [-0.2, -0.15) is 0 Å². The number of nitrogens with two attached hydrogens (primary N) is 1. The number of aromatic nitrogens is 1. The predicted molar refractivity (Wildman–Crippen MR) is 80.2 cm³/mol. The number of rotatable bonds is 4. The van der Waals surface area contributed by atoms with Crippen LogP contribution in [-0.4, -0.2) is 20.5 Å². The lowest BCUT2D eigenvalue weighted by molar-refractivity contribution is 0.398. The van der Waals surface area contributed by atoms with Crippen molar-refractivity contribution in [3.63, 3.8) is 0 Å². The van der Waals surface area contributed by atoms with Crippen LogP contribution in [0.4, 0.5) is 11.4 Å². The summed E-state index contributed by atoms with van der Waals surface area (Å²) in [6.45, 7) is 0. The van der Waals surface area contributed by atoms with Crippen LogP contribution in [0.5, 0.6) is 5.88 Å². The maximum Gasteiger partial charge on any atom is 0.261 e. The van der Waals surface area contributed by atoms with Gasteiger partial charge in [0.05, 0.1) is 23.9 Å². The second-order valence-corrected chi connectivity index (χ2v) is 6.41. The summed E-state index contributed by atoms with van der Waals surface area (Å²) in [4.78, 5) is 4.03. The molecule has 0 fully saturated rings. The number of nitrogen functional groups attached to an aromatic ring is 1. The Hall–Kier alpha value is -1.80. The highest BCUT2D eigenvalue weighted by Gasteiger charge is 2.15. The van der Waals surface area contributed by atoms with Gasteiger partial charge in [-0.15, -0.1) is 0 Å². The third kappa shape index (κ3) is 3.20. The van der Waals surface area contributed by atoms with Crippen LogP contribution in [0.2, 0.25) is 0 Å². The molecule has 0 aliphatic rings. The number of nitrogens with one attached hydrogen (secondary N) is 1. The molecular formula is C12H12BrN3O3S. The number of halogens is 1. The number of anilines is 2. The number of benzene rings is 1. The van der Waals surface area contributed by atoms with Gasteiger partial charge in [-0.25, -0.2) is 13.4 Å².